The van der Waals surface area contributed by atoms with Gasteiger partial charge in [0.15, 0.2) is 0 Å². The molecule has 112 valence electrons. The number of carbonyl (C=O) groups excluding carboxylic acids is 2. The molecule has 7 heteroatoms. The Bertz CT molecular complexity index is 617. The average molecular weight is 330 g/mol. The number of imide groups is 1. The van der Waals surface area contributed by atoms with E-state index in [1.165, 1.54) is 0 Å². The molecule has 1 aliphatic rings. The standard InChI is InChI=1S/C14H13Cl2NO4/c15-9-2-1-8(7-10(9)16)14(6-4-12(19)20)5-3-11(18)17-13(14)21/h1-2,7H,3-6H2,(H,19,20)(H,17,18,21). The zero-order chi connectivity index (χ0) is 15.6. The van der Waals surface area contributed by atoms with Gasteiger partial charge in [-0.3, -0.25) is 19.7 Å². The number of nitrogens with one attached hydrogen (secondary N) is 1. The highest BCUT2D eigenvalue weighted by atomic mass is 35.5. The summed E-state index contributed by atoms with van der Waals surface area (Å²) in [6.07, 6.45) is 0.329. The van der Waals surface area contributed by atoms with Crippen molar-refractivity contribution in [3.63, 3.8) is 0 Å². The summed E-state index contributed by atoms with van der Waals surface area (Å²) in [5, 5.41) is 11.8. The zero-order valence-corrected chi connectivity index (χ0v) is 12.5. The number of aliphatic carboxylic acids is 1. The molecule has 5 nitrogen and oxygen atoms in total. The van der Waals surface area contributed by atoms with E-state index in [4.69, 9.17) is 28.3 Å². The molecule has 1 fully saturated rings. The number of carbonyl (C=O) groups is 3. The van der Waals surface area contributed by atoms with E-state index in [1.54, 1.807) is 18.2 Å². The van der Waals surface area contributed by atoms with Gasteiger partial charge in [-0.15, -0.1) is 0 Å². The van der Waals surface area contributed by atoms with Crippen LogP contribution in [0.4, 0.5) is 0 Å². The Hall–Kier alpha value is -1.59. The fraction of sp³-hybridized carbons (Fsp3) is 0.357. The minimum absolute atomic E-state index is 0.0966. The minimum Gasteiger partial charge on any atom is -0.481 e. The average Bonchev–Trinajstić information content (AvgIpc) is 2.41. The van der Waals surface area contributed by atoms with Gasteiger partial charge in [-0.1, -0.05) is 29.3 Å². The SMILES string of the molecule is O=C(O)CCC1(c2ccc(Cl)c(Cl)c2)CCC(=O)NC1=O. The van der Waals surface area contributed by atoms with E-state index in [-0.39, 0.29) is 36.6 Å². The highest BCUT2D eigenvalue weighted by Crippen LogP contribution is 2.39. The number of amides is 2. The van der Waals surface area contributed by atoms with Crippen molar-refractivity contribution in [1.29, 1.82) is 0 Å². The van der Waals surface area contributed by atoms with Crippen LogP contribution in [0.5, 0.6) is 0 Å². The monoisotopic (exact) mass is 329 g/mol. The van der Waals surface area contributed by atoms with E-state index in [0.29, 0.717) is 10.6 Å². The molecule has 0 aromatic heterocycles. The van der Waals surface area contributed by atoms with Crippen LogP contribution in [0.2, 0.25) is 10.0 Å². The number of carboxylic acid groups (broad SMARTS) is 1. The molecule has 0 spiro atoms. The molecule has 1 aromatic rings. The molecule has 1 atom stereocenters. The lowest BCUT2D eigenvalue weighted by molar-refractivity contribution is -0.139. The van der Waals surface area contributed by atoms with Crippen molar-refractivity contribution in [2.45, 2.75) is 31.1 Å². The van der Waals surface area contributed by atoms with Gasteiger partial charge in [0, 0.05) is 12.8 Å². The number of halogens is 2. The van der Waals surface area contributed by atoms with Crippen LogP contribution in [-0.2, 0) is 19.8 Å². The van der Waals surface area contributed by atoms with Crippen molar-refractivity contribution >= 4 is 41.0 Å². The van der Waals surface area contributed by atoms with Crippen molar-refractivity contribution in [3.8, 4) is 0 Å². The topological polar surface area (TPSA) is 83.5 Å². The molecule has 1 heterocycles. The Balaban J connectivity index is 2.44. The first-order valence-corrected chi connectivity index (χ1v) is 7.12. The van der Waals surface area contributed by atoms with Gasteiger partial charge in [-0.2, -0.15) is 0 Å². The van der Waals surface area contributed by atoms with Crippen molar-refractivity contribution in [2.75, 3.05) is 0 Å². The van der Waals surface area contributed by atoms with Crippen molar-refractivity contribution in [1.82, 2.24) is 5.32 Å². The summed E-state index contributed by atoms with van der Waals surface area (Å²) in [7, 11) is 0. The van der Waals surface area contributed by atoms with E-state index in [9.17, 15) is 14.4 Å². The summed E-state index contributed by atoms with van der Waals surface area (Å²) in [6, 6.07) is 4.76. The highest BCUT2D eigenvalue weighted by Gasteiger charge is 2.44. The van der Waals surface area contributed by atoms with Crippen LogP contribution in [0, 0.1) is 0 Å². The molecule has 0 radical (unpaired) electrons. The normalized spacial score (nSPS) is 22.0. The Morgan fingerprint density at radius 2 is 2.00 bits per heavy atom. The van der Waals surface area contributed by atoms with Crippen molar-refractivity contribution in [2.24, 2.45) is 0 Å². The largest absolute Gasteiger partial charge is 0.481 e. The van der Waals surface area contributed by atoms with Gasteiger partial charge >= 0.3 is 5.97 Å². The van der Waals surface area contributed by atoms with Crippen LogP contribution < -0.4 is 5.32 Å². The zero-order valence-electron chi connectivity index (χ0n) is 11.0. The van der Waals surface area contributed by atoms with Gasteiger partial charge in [0.1, 0.15) is 0 Å². The second-order valence-corrected chi connectivity index (χ2v) is 5.80. The lowest BCUT2D eigenvalue weighted by atomic mass is 9.70. The van der Waals surface area contributed by atoms with Crippen molar-refractivity contribution in [3.05, 3.63) is 33.8 Å². The summed E-state index contributed by atoms with van der Waals surface area (Å²) in [5.74, 6) is -1.84. The van der Waals surface area contributed by atoms with E-state index in [1.807, 2.05) is 0 Å². The molecule has 1 aromatic carbocycles. The third-order valence-electron chi connectivity index (χ3n) is 3.70. The van der Waals surface area contributed by atoms with E-state index >= 15 is 0 Å². The molecule has 21 heavy (non-hydrogen) atoms. The van der Waals surface area contributed by atoms with E-state index in [2.05, 4.69) is 5.32 Å². The fourth-order valence-electron chi connectivity index (χ4n) is 2.52. The van der Waals surface area contributed by atoms with E-state index in [0.717, 1.165) is 0 Å². The maximum absolute atomic E-state index is 12.3. The predicted molar refractivity (Wildman–Crippen MR) is 77.4 cm³/mol. The molecule has 0 saturated carbocycles. The van der Waals surface area contributed by atoms with Gasteiger partial charge in [0.05, 0.1) is 15.5 Å². The highest BCUT2D eigenvalue weighted by molar-refractivity contribution is 6.42. The number of rotatable bonds is 4. The van der Waals surface area contributed by atoms with Crippen LogP contribution in [0.3, 0.4) is 0 Å². The Labute approximate surface area is 131 Å². The van der Waals surface area contributed by atoms with Gasteiger partial charge < -0.3 is 5.11 Å². The molecule has 2 amide bonds. The molecule has 2 N–H and O–H groups in total. The Morgan fingerprint density at radius 1 is 1.29 bits per heavy atom. The first-order chi connectivity index (χ1) is 9.85. The first kappa shape index (κ1) is 15.8. The molecule has 1 saturated heterocycles. The van der Waals surface area contributed by atoms with E-state index < -0.39 is 17.3 Å². The van der Waals surface area contributed by atoms with Crippen LogP contribution in [0.25, 0.3) is 0 Å². The summed E-state index contributed by atoms with van der Waals surface area (Å²) < 4.78 is 0. The number of benzene rings is 1. The van der Waals surface area contributed by atoms with Crippen LogP contribution in [0.15, 0.2) is 18.2 Å². The quantitative estimate of drug-likeness (QED) is 0.831. The summed E-state index contributed by atoms with van der Waals surface area (Å²) in [4.78, 5) is 34.6. The third-order valence-corrected chi connectivity index (χ3v) is 4.44. The molecule has 0 bridgehead atoms. The predicted octanol–water partition coefficient (Wildman–Crippen LogP) is 2.53. The van der Waals surface area contributed by atoms with Crippen LogP contribution in [-0.4, -0.2) is 22.9 Å². The second-order valence-electron chi connectivity index (χ2n) is 4.98. The smallest absolute Gasteiger partial charge is 0.303 e. The number of hydrogen-bond acceptors (Lipinski definition) is 3. The van der Waals surface area contributed by atoms with Crippen molar-refractivity contribution < 1.29 is 19.5 Å². The molecule has 0 aliphatic carbocycles. The van der Waals surface area contributed by atoms with Gasteiger partial charge in [-0.25, -0.2) is 0 Å². The summed E-state index contributed by atoms with van der Waals surface area (Å²) in [5.41, 5.74) is -0.497. The third kappa shape index (κ3) is 3.19. The minimum atomic E-state index is -1.07. The van der Waals surface area contributed by atoms with Crippen LogP contribution >= 0.6 is 23.2 Å². The number of hydrogen-bond donors (Lipinski definition) is 2. The number of piperidine rings is 1. The lowest BCUT2D eigenvalue weighted by Gasteiger charge is -2.35. The molecule has 1 unspecified atom stereocenters. The number of carboxylic acids is 1. The Kier molecular flexibility index (Phi) is 4.54. The van der Waals surface area contributed by atoms with Gasteiger partial charge in [0.2, 0.25) is 11.8 Å². The second kappa shape index (κ2) is 6.03. The molecule has 1 aliphatic heterocycles. The Morgan fingerprint density at radius 3 is 2.57 bits per heavy atom. The first-order valence-electron chi connectivity index (χ1n) is 6.37. The van der Waals surface area contributed by atoms with Gasteiger partial charge in [0.25, 0.3) is 0 Å². The van der Waals surface area contributed by atoms with Gasteiger partial charge in [-0.05, 0) is 30.5 Å². The summed E-state index contributed by atoms with van der Waals surface area (Å²) >= 11 is 11.9. The molecular weight excluding hydrogens is 317 g/mol. The molecular formula is C14H13Cl2NO4. The van der Waals surface area contributed by atoms with Crippen LogP contribution in [0.1, 0.15) is 31.2 Å². The maximum atomic E-state index is 12.3. The fourth-order valence-corrected chi connectivity index (χ4v) is 2.82. The summed E-state index contributed by atoms with van der Waals surface area (Å²) in [6.45, 7) is 0. The lowest BCUT2D eigenvalue weighted by Crippen LogP contribution is -2.51. The maximum Gasteiger partial charge on any atom is 0.303 e. The molecule has 2 rings (SSSR count).